The third-order valence-electron chi connectivity index (χ3n) is 5.73. The van der Waals surface area contributed by atoms with Crippen molar-refractivity contribution >= 4 is 46.6 Å². The van der Waals surface area contributed by atoms with Crippen molar-refractivity contribution in [3.8, 4) is 0 Å². The highest BCUT2D eigenvalue weighted by Crippen LogP contribution is 2.26. The summed E-state index contributed by atoms with van der Waals surface area (Å²) in [5.74, 6) is -0.436. The second-order valence-corrected chi connectivity index (χ2v) is 9.63. The molecule has 0 unspecified atom stereocenters. The van der Waals surface area contributed by atoms with Crippen LogP contribution in [0.2, 0.25) is 15.1 Å². The number of benzene rings is 3. The number of rotatable bonds is 11. The van der Waals surface area contributed by atoms with Gasteiger partial charge in [-0.25, -0.2) is 0 Å². The Balaban J connectivity index is 1.98. The van der Waals surface area contributed by atoms with Gasteiger partial charge in [-0.05, 0) is 47.4 Å². The average Bonchev–Trinajstić information content (AvgIpc) is 2.84. The largest absolute Gasteiger partial charge is 0.354 e. The minimum Gasteiger partial charge on any atom is -0.354 e. The summed E-state index contributed by atoms with van der Waals surface area (Å²) in [6, 6.07) is 21.4. The summed E-state index contributed by atoms with van der Waals surface area (Å²) in [5.41, 5.74) is 2.33. The van der Waals surface area contributed by atoms with Gasteiger partial charge in [0.05, 0.1) is 6.42 Å². The molecule has 1 N–H and O–H groups in total. The molecule has 184 valence electrons. The Hall–Kier alpha value is -2.53. The van der Waals surface area contributed by atoms with Gasteiger partial charge in [0, 0.05) is 34.6 Å². The van der Waals surface area contributed by atoms with E-state index >= 15 is 0 Å². The number of nitrogens with zero attached hydrogens (tertiary/aromatic N) is 1. The van der Waals surface area contributed by atoms with Gasteiger partial charge in [-0.2, -0.15) is 0 Å². The predicted octanol–water partition coefficient (Wildman–Crippen LogP) is 6.75. The maximum absolute atomic E-state index is 13.8. The Labute approximate surface area is 222 Å². The molecule has 0 spiro atoms. The van der Waals surface area contributed by atoms with Crippen LogP contribution in [-0.2, 0) is 29.0 Å². The van der Waals surface area contributed by atoms with E-state index in [-0.39, 0.29) is 24.8 Å². The number of nitrogens with one attached hydrogen (secondary N) is 1. The second-order valence-electron chi connectivity index (χ2n) is 8.38. The highest BCUT2D eigenvalue weighted by molar-refractivity contribution is 6.36. The third kappa shape index (κ3) is 7.99. The Bertz CT molecular complexity index is 1120. The van der Waals surface area contributed by atoms with E-state index in [0.717, 1.165) is 24.0 Å². The first-order chi connectivity index (χ1) is 16.9. The summed E-state index contributed by atoms with van der Waals surface area (Å²) in [6.07, 6.45) is 2.18. The van der Waals surface area contributed by atoms with Crippen LogP contribution < -0.4 is 5.32 Å². The highest BCUT2D eigenvalue weighted by atomic mass is 35.5. The summed E-state index contributed by atoms with van der Waals surface area (Å²) >= 11 is 18.9. The summed E-state index contributed by atoms with van der Waals surface area (Å²) in [6.45, 7) is 2.84. The third-order valence-corrected chi connectivity index (χ3v) is 6.68. The molecule has 4 nitrogen and oxygen atoms in total. The van der Waals surface area contributed by atoms with Crippen LogP contribution >= 0.6 is 34.8 Å². The molecule has 0 bridgehead atoms. The van der Waals surface area contributed by atoms with E-state index < -0.39 is 6.04 Å². The molecule has 0 fully saturated rings. The molecule has 2 amide bonds. The smallest absolute Gasteiger partial charge is 0.243 e. The molecule has 0 aliphatic rings. The standard InChI is InChI=1S/C28H29Cl3N2O2/c1-2-3-15-32-28(35)26(17-20-9-5-4-6-10-20)33(19-21-11-7-12-22(29)16-21)27(34)18-23-24(30)13-8-14-25(23)31/h4-14,16,26H,2-3,15,17-19H2,1H3,(H,32,35)/t26-/m1/s1. The van der Waals surface area contributed by atoms with E-state index in [9.17, 15) is 9.59 Å². The van der Waals surface area contributed by atoms with E-state index in [0.29, 0.717) is 33.6 Å². The predicted molar refractivity (Wildman–Crippen MR) is 144 cm³/mol. The van der Waals surface area contributed by atoms with Crippen LogP contribution in [0.1, 0.15) is 36.5 Å². The fraction of sp³-hybridized carbons (Fsp3) is 0.286. The lowest BCUT2D eigenvalue weighted by atomic mass is 10.0. The average molecular weight is 532 g/mol. The number of hydrogen-bond donors (Lipinski definition) is 1. The molecule has 0 heterocycles. The Morgan fingerprint density at radius 3 is 2.20 bits per heavy atom. The van der Waals surface area contributed by atoms with Crippen LogP contribution in [0, 0.1) is 0 Å². The molecule has 3 rings (SSSR count). The van der Waals surface area contributed by atoms with E-state index in [2.05, 4.69) is 12.2 Å². The van der Waals surface area contributed by atoms with Crippen molar-refractivity contribution in [3.05, 3.63) is 105 Å². The maximum Gasteiger partial charge on any atom is 0.243 e. The molecule has 35 heavy (non-hydrogen) atoms. The number of unbranched alkanes of at least 4 members (excludes halogenated alkanes) is 1. The molecule has 1 atom stereocenters. The van der Waals surface area contributed by atoms with Crippen LogP contribution in [0.15, 0.2) is 72.8 Å². The first-order valence-electron chi connectivity index (χ1n) is 11.7. The van der Waals surface area contributed by atoms with Crippen molar-refractivity contribution in [1.82, 2.24) is 10.2 Å². The maximum atomic E-state index is 13.8. The molecule has 3 aromatic carbocycles. The molecule has 7 heteroatoms. The quantitative estimate of drug-likeness (QED) is 0.278. The minimum absolute atomic E-state index is 0.0212. The number of halogens is 3. The van der Waals surface area contributed by atoms with Crippen molar-refractivity contribution in [2.45, 2.75) is 45.2 Å². The van der Waals surface area contributed by atoms with Crippen LogP contribution in [-0.4, -0.2) is 29.3 Å². The van der Waals surface area contributed by atoms with Gasteiger partial charge < -0.3 is 10.2 Å². The van der Waals surface area contributed by atoms with Gasteiger partial charge in [0.2, 0.25) is 11.8 Å². The SMILES string of the molecule is CCCCNC(=O)[C@@H](Cc1ccccc1)N(Cc1cccc(Cl)c1)C(=O)Cc1c(Cl)cccc1Cl. The molecule has 0 saturated heterocycles. The van der Waals surface area contributed by atoms with Gasteiger partial charge in [-0.1, -0.05) is 96.7 Å². The monoisotopic (exact) mass is 530 g/mol. The fourth-order valence-electron chi connectivity index (χ4n) is 3.85. The zero-order valence-corrected chi connectivity index (χ0v) is 21.9. The molecular weight excluding hydrogens is 503 g/mol. The van der Waals surface area contributed by atoms with Crippen LogP contribution in [0.25, 0.3) is 0 Å². The lowest BCUT2D eigenvalue weighted by molar-refractivity contribution is -0.140. The van der Waals surface area contributed by atoms with Gasteiger partial charge in [-0.15, -0.1) is 0 Å². The van der Waals surface area contributed by atoms with Gasteiger partial charge >= 0.3 is 0 Å². The summed E-state index contributed by atoms with van der Waals surface area (Å²) in [5, 5.41) is 4.41. The van der Waals surface area contributed by atoms with Crippen molar-refractivity contribution < 1.29 is 9.59 Å². The van der Waals surface area contributed by atoms with Crippen molar-refractivity contribution in [3.63, 3.8) is 0 Å². The van der Waals surface area contributed by atoms with Crippen molar-refractivity contribution in [2.75, 3.05) is 6.54 Å². The summed E-state index contributed by atoms with van der Waals surface area (Å²) in [7, 11) is 0. The summed E-state index contributed by atoms with van der Waals surface area (Å²) < 4.78 is 0. The van der Waals surface area contributed by atoms with E-state index in [4.69, 9.17) is 34.8 Å². The van der Waals surface area contributed by atoms with E-state index in [1.54, 1.807) is 35.2 Å². The zero-order valence-electron chi connectivity index (χ0n) is 19.6. The van der Waals surface area contributed by atoms with Crippen LogP contribution in [0.3, 0.4) is 0 Å². The van der Waals surface area contributed by atoms with Gasteiger partial charge in [-0.3, -0.25) is 9.59 Å². The fourth-order valence-corrected chi connectivity index (χ4v) is 4.59. The number of hydrogen-bond acceptors (Lipinski definition) is 2. The summed E-state index contributed by atoms with van der Waals surface area (Å²) in [4.78, 5) is 28.8. The zero-order chi connectivity index (χ0) is 25.2. The highest BCUT2D eigenvalue weighted by Gasteiger charge is 2.31. The van der Waals surface area contributed by atoms with Crippen LogP contribution in [0.5, 0.6) is 0 Å². The Morgan fingerprint density at radius 1 is 0.886 bits per heavy atom. The van der Waals surface area contributed by atoms with Gasteiger partial charge in [0.25, 0.3) is 0 Å². The number of carbonyl (C=O) groups excluding carboxylic acids is 2. The first kappa shape index (κ1) is 27.1. The molecule has 3 aromatic rings. The molecule has 0 radical (unpaired) electrons. The Kier molecular flexibility index (Phi) is 10.5. The molecule has 0 aromatic heterocycles. The lowest BCUT2D eigenvalue weighted by Crippen LogP contribution is -2.51. The number of amides is 2. The van der Waals surface area contributed by atoms with Crippen molar-refractivity contribution in [1.29, 1.82) is 0 Å². The van der Waals surface area contributed by atoms with E-state index in [1.165, 1.54) is 0 Å². The van der Waals surface area contributed by atoms with Gasteiger partial charge in [0.1, 0.15) is 6.04 Å². The number of carbonyl (C=O) groups is 2. The first-order valence-corrected chi connectivity index (χ1v) is 12.8. The van der Waals surface area contributed by atoms with Gasteiger partial charge in [0.15, 0.2) is 0 Å². The van der Waals surface area contributed by atoms with Crippen LogP contribution in [0.4, 0.5) is 0 Å². The van der Waals surface area contributed by atoms with E-state index in [1.807, 2.05) is 42.5 Å². The Morgan fingerprint density at radius 2 is 1.54 bits per heavy atom. The normalized spacial score (nSPS) is 11.7. The second kappa shape index (κ2) is 13.5. The minimum atomic E-state index is -0.720. The lowest BCUT2D eigenvalue weighted by Gasteiger charge is -2.32. The van der Waals surface area contributed by atoms with Crippen molar-refractivity contribution in [2.24, 2.45) is 0 Å². The topological polar surface area (TPSA) is 49.4 Å². The molecule has 0 aliphatic carbocycles. The molecule has 0 saturated carbocycles. The molecular formula is C28H29Cl3N2O2. The molecule has 0 aliphatic heterocycles.